The minimum atomic E-state index is 0.0731. The monoisotopic (exact) mass is 222 g/mol. The van der Waals surface area contributed by atoms with Gasteiger partial charge in [0.2, 0.25) is 5.91 Å². The van der Waals surface area contributed by atoms with Crippen molar-refractivity contribution in [1.82, 2.24) is 15.1 Å². The molecule has 16 heavy (non-hydrogen) atoms. The molecule has 2 unspecified atom stereocenters. The van der Waals surface area contributed by atoms with Gasteiger partial charge >= 0.3 is 0 Å². The molecule has 2 rings (SSSR count). The number of hydrogen-bond acceptors (Lipinski definition) is 3. The minimum Gasteiger partial charge on any atom is -0.323 e. The summed E-state index contributed by atoms with van der Waals surface area (Å²) < 4.78 is 1.68. The Morgan fingerprint density at radius 3 is 3.06 bits per heavy atom. The molecule has 1 aliphatic heterocycles. The van der Waals surface area contributed by atoms with E-state index in [9.17, 15) is 4.79 Å². The highest BCUT2D eigenvalue weighted by Gasteiger charge is 2.24. The van der Waals surface area contributed by atoms with Gasteiger partial charge in [0.1, 0.15) is 0 Å². The van der Waals surface area contributed by atoms with Crippen LogP contribution >= 0.6 is 0 Å². The molecule has 2 atom stereocenters. The second kappa shape index (κ2) is 4.65. The van der Waals surface area contributed by atoms with Crippen LogP contribution in [0.5, 0.6) is 0 Å². The van der Waals surface area contributed by atoms with Crippen molar-refractivity contribution in [1.29, 1.82) is 0 Å². The topological polar surface area (TPSA) is 59.0 Å². The first-order valence-electron chi connectivity index (χ1n) is 5.65. The third kappa shape index (κ3) is 2.61. The Morgan fingerprint density at radius 1 is 1.62 bits per heavy atom. The summed E-state index contributed by atoms with van der Waals surface area (Å²) >= 11 is 0. The van der Waals surface area contributed by atoms with Gasteiger partial charge in [-0.2, -0.15) is 5.10 Å². The molecule has 0 aromatic carbocycles. The molecule has 2 heterocycles. The number of aryl methyl sites for hydroxylation is 1. The third-order valence-corrected chi connectivity index (χ3v) is 2.91. The van der Waals surface area contributed by atoms with Crippen molar-refractivity contribution in [3.63, 3.8) is 0 Å². The Balaban J connectivity index is 1.92. The van der Waals surface area contributed by atoms with Gasteiger partial charge in [0.25, 0.3) is 0 Å². The molecule has 0 radical (unpaired) electrons. The molecule has 5 heteroatoms. The standard InChI is InChI=1S/C11H18N4O/c1-8-3-9(5-12-4-8)11(16)14-10-6-13-15(2)7-10/h6-9,12H,3-5H2,1-2H3,(H,14,16). The quantitative estimate of drug-likeness (QED) is 0.770. The molecule has 1 aliphatic rings. The van der Waals surface area contributed by atoms with Crippen molar-refractivity contribution in [2.75, 3.05) is 18.4 Å². The zero-order valence-corrected chi connectivity index (χ0v) is 9.73. The minimum absolute atomic E-state index is 0.0731. The maximum Gasteiger partial charge on any atom is 0.228 e. The van der Waals surface area contributed by atoms with E-state index in [1.165, 1.54) is 0 Å². The Kier molecular flexibility index (Phi) is 3.24. The van der Waals surface area contributed by atoms with Crippen LogP contribution < -0.4 is 10.6 Å². The molecule has 0 bridgehead atoms. The number of nitrogens with zero attached hydrogens (tertiary/aromatic N) is 2. The molecule has 0 saturated carbocycles. The van der Waals surface area contributed by atoms with Crippen LogP contribution in [0.25, 0.3) is 0 Å². The number of carbonyl (C=O) groups excluding carboxylic acids is 1. The van der Waals surface area contributed by atoms with Crippen LogP contribution in [-0.4, -0.2) is 28.8 Å². The van der Waals surface area contributed by atoms with Gasteiger partial charge in [0, 0.05) is 19.8 Å². The highest BCUT2D eigenvalue weighted by atomic mass is 16.1. The number of aromatic nitrogens is 2. The highest BCUT2D eigenvalue weighted by molar-refractivity contribution is 5.92. The molecule has 1 amide bonds. The molecule has 1 aromatic rings. The summed E-state index contributed by atoms with van der Waals surface area (Å²) in [5, 5.41) is 10.2. The first-order valence-corrected chi connectivity index (χ1v) is 5.65. The first-order chi connectivity index (χ1) is 7.65. The van der Waals surface area contributed by atoms with Gasteiger partial charge in [0.05, 0.1) is 17.8 Å². The summed E-state index contributed by atoms with van der Waals surface area (Å²) in [6.45, 7) is 3.95. The molecule has 5 nitrogen and oxygen atoms in total. The van der Waals surface area contributed by atoms with E-state index < -0.39 is 0 Å². The number of nitrogens with one attached hydrogen (secondary N) is 2. The lowest BCUT2D eigenvalue weighted by Crippen LogP contribution is -2.40. The van der Waals surface area contributed by atoms with Crippen LogP contribution in [0, 0.1) is 11.8 Å². The summed E-state index contributed by atoms with van der Waals surface area (Å²) in [4.78, 5) is 11.9. The van der Waals surface area contributed by atoms with Crippen molar-refractivity contribution in [3.05, 3.63) is 12.4 Å². The molecule has 1 aromatic heterocycles. The number of carbonyl (C=O) groups is 1. The summed E-state index contributed by atoms with van der Waals surface area (Å²) in [7, 11) is 1.83. The molecule has 0 spiro atoms. The molecule has 1 fully saturated rings. The number of rotatable bonds is 2. The van der Waals surface area contributed by atoms with Crippen LogP contribution in [-0.2, 0) is 11.8 Å². The van der Waals surface area contributed by atoms with Crippen LogP contribution in [0.15, 0.2) is 12.4 Å². The van der Waals surface area contributed by atoms with Crippen LogP contribution in [0.1, 0.15) is 13.3 Å². The van der Waals surface area contributed by atoms with Crippen molar-refractivity contribution >= 4 is 11.6 Å². The van der Waals surface area contributed by atoms with Gasteiger partial charge in [-0.3, -0.25) is 9.48 Å². The predicted molar refractivity (Wildman–Crippen MR) is 62.0 cm³/mol. The van der Waals surface area contributed by atoms with Crippen molar-refractivity contribution in [3.8, 4) is 0 Å². The van der Waals surface area contributed by atoms with E-state index in [1.807, 2.05) is 7.05 Å². The number of piperidine rings is 1. The van der Waals surface area contributed by atoms with Gasteiger partial charge < -0.3 is 10.6 Å². The molecule has 1 saturated heterocycles. The lowest BCUT2D eigenvalue weighted by Gasteiger charge is -2.26. The molecule has 0 aliphatic carbocycles. The largest absolute Gasteiger partial charge is 0.323 e. The Hall–Kier alpha value is -1.36. The number of anilines is 1. The smallest absolute Gasteiger partial charge is 0.228 e. The molecule has 88 valence electrons. The Morgan fingerprint density at radius 2 is 2.44 bits per heavy atom. The maximum absolute atomic E-state index is 11.9. The molecular formula is C11H18N4O. The van der Waals surface area contributed by atoms with E-state index >= 15 is 0 Å². The maximum atomic E-state index is 11.9. The van der Waals surface area contributed by atoms with Crippen LogP contribution in [0.3, 0.4) is 0 Å². The fraction of sp³-hybridized carbons (Fsp3) is 0.636. The molecular weight excluding hydrogens is 204 g/mol. The van der Waals surface area contributed by atoms with Crippen LogP contribution in [0.2, 0.25) is 0 Å². The van der Waals surface area contributed by atoms with Crippen molar-refractivity contribution in [2.45, 2.75) is 13.3 Å². The summed E-state index contributed by atoms with van der Waals surface area (Å²) in [6, 6.07) is 0. The van der Waals surface area contributed by atoms with Gasteiger partial charge in [0.15, 0.2) is 0 Å². The van der Waals surface area contributed by atoms with E-state index in [-0.39, 0.29) is 11.8 Å². The fourth-order valence-electron chi connectivity index (χ4n) is 2.09. The van der Waals surface area contributed by atoms with Gasteiger partial charge in [-0.05, 0) is 18.9 Å². The zero-order chi connectivity index (χ0) is 11.5. The average molecular weight is 222 g/mol. The van der Waals surface area contributed by atoms with Crippen molar-refractivity contribution < 1.29 is 4.79 Å². The normalized spacial score (nSPS) is 25.4. The first kappa shape index (κ1) is 11.1. The SMILES string of the molecule is CC1CNCC(C(=O)Nc2cnn(C)c2)C1. The number of hydrogen-bond donors (Lipinski definition) is 2. The summed E-state index contributed by atoms with van der Waals surface area (Å²) in [5.74, 6) is 0.731. The summed E-state index contributed by atoms with van der Waals surface area (Å²) in [6.07, 6.45) is 4.42. The third-order valence-electron chi connectivity index (χ3n) is 2.91. The van der Waals surface area contributed by atoms with Crippen molar-refractivity contribution in [2.24, 2.45) is 18.9 Å². The fourth-order valence-corrected chi connectivity index (χ4v) is 2.09. The summed E-state index contributed by atoms with van der Waals surface area (Å²) in [5.41, 5.74) is 0.769. The lowest BCUT2D eigenvalue weighted by atomic mass is 9.91. The molecule has 2 N–H and O–H groups in total. The van der Waals surface area contributed by atoms with E-state index in [4.69, 9.17) is 0 Å². The van der Waals surface area contributed by atoms with E-state index in [0.717, 1.165) is 25.2 Å². The second-order valence-electron chi connectivity index (χ2n) is 4.59. The lowest BCUT2D eigenvalue weighted by molar-refractivity contribution is -0.120. The second-order valence-corrected chi connectivity index (χ2v) is 4.59. The highest BCUT2D eigenvalue weighted by Crippen LogP contribution is 2.17. The number of amides is 1. The van der Waals surface area contributed by atoms with E-state index in [2.05, 4.69) is 22.7 Å². The predicted octanol–water partition coefficient (Wildman–Crippen LogP) is 0.604. The van der Waals surface area contributed by atoms with Gasteiger partial charge in [-0.25, -0.2) is 0 Å². The van der Waals surface area contributed by atoms with E-state index in [0.29, 0.717) is 5.92 Å². The average Bonchev–Trinajstić information content (AvgIpc) is 2.64. The van der Waals surface area contributed by atoms with Gasteiger partial charge in [-0.15, -0.1) is 0 Å². The van der Waals surface area contributed by atoms with Crippen LogP contribution in [0.4, 0.5) is 5.69 Å². The Labute approximate surface area is 95.2 Å². The van der Waals surface area contributed by atoms with Gasteiger partial charge in [-0.1, -0.05) is 6.92 Å². The zero-order valence-electron chi connectivity index (χ0n) is 9.73. The Bertz CT molecular complexity index is 374. The van der Waals surface area contributed by atoms with E-state index in [1.54, 1.807) is 17.1 Å².